The Labute approximate surface area is 121 Å². The van der Waals surface area contributed by atoms with E-state index >= 15 is 0 Å². The van der Waals surface area contributed by atoms with Crippen LogP contribution in [0.2, 0.25) is 0 Å². The van der Waals surface area contributed by atoms with Gasteiger partial charge in [0, 0.05) is 19.0 Å². The third-order valence-corrected chi connectivity index (χ3v) is 3.94. The number of rotatable bonds is 5. The van der Waals surface area contributed by atoms with Crippen molar-refractivity contribution in [3.8, 4) is 0 Å². The Morgan fingerprint density at radius 3 is 2.55 bits per heavy atom. The van der Waals surface area contributed by atoms with Crippen LogP contribution in [-0.2, 0) is 9.59 Å². The summed E-state index contributed by atoms with van der Waals surface area (Å²) in [6.45, 7) is 10.4. The second-order valence-corrected chi connectivity index (χ2v) is 6.86. The van der Waals surface area contributed by atoms with Crippen molar-refractivity contribution >= 4 is 12.2 Å². The summed E-state index contributed by atoms with van der Waals surface area (Å²) in [6, 6.07) is -0.628. The fourth-order valence-electron chi connectivity index (χ4n) is 2.49. The number of aldehydes is 1. The topological polar surface area (TPSA) is 69.6 Å². The molecule has 1 heterocycles. The van der Waals surface area contributed by atoms with Crippen molar-refractivity contribution in [2.75, 3.05) is 6.54 Å². The van der Waals surface area contributed by atoms with Gasteiger partial charge in [-0.3, -0.25) is 4.79 Å². The molecule has 5 heteroatoms. The molecule has 0 spiro atoms. The van der Waals surface area contributed by atoms with E-state index in [1.54, 1.807) is 0 Å². The number of amides is 1. The van der Waals surface area contributed by atoms with Gasteiger partial charge in [0.05, 0.1) is 18.2 Å². The molecule has 1 fully saturated rings. The molecule has 1 rings (SSSR count). The smallest absolute Gasteiger partial charge is 0.240 e. The zero-order chi connectivity index (χ0) is 15.5. The molecule has 0 aromatic carbocycles. The van der Waals surface area contributed by atoms with E-state index in [4.69, 9.17) is 0 Å². The second kappa shape index (κ2) is 6.68. The van der Waals surface area contributed by atoms with Crippen molar-refractivity contribution < 1.29 is 14.7 Å². The van der Waals surface area contributed by atoms with Gasteiger partial charge in [0.2, 0.25) is 5.91 Å². The largest absolute Gasteiger partial charge is 0.391 e. The SMILES string of the molecule is CCC(C)NC(C(=O)N1CC(O)CC1C=O)C(C)(C)C. The summed E-state index contributed by atoms with van der Waals surface area (Å²) in [7, 11) is 0. The lowest BCUT2D eigenvalue weighted by Gasteiger charge is -2.36. The molecule has 1 amide bonds. The van der Waals surface area contributed by atoms with Crippen LogP contribution in [0.1, 0.15) is 47.5 Å². The van der Waals surface area contributed by atoms with Gasteiger partial charge in [0.1, 0.15) is 6.29 Å². The van der Waals surface area contributed by atoms with E-state index in [9.17, 15) is 14.7 Å². The number of carbonyl (C=O) groups is 2. The van der Waals surface area contributed by atoms with Gasteiger partial charge in [0.25, 0.3) is 0 Å². The number of nitrogens with zero attached hydrogens (tertiary/aromatic N) is 1. The van der Waals surface area contributed by atoms with Gasteiger partial charge in [0.15, 0.2) is 0 Å². The van der Waals surface area contributed by atoms with Crippen molar-refractivity contribution in [3.05, 3.63) is 0 Å². The minimum absolute atomic E-state index is 0.0912. The minimum Gasteiger partial charge on any atom is -0.391 e. The molecular weight excluding hydrogens is 256 g/mol. The Bertz CT molecular complexity index is 352. The van der Waals surface area contributed by atoms with Crippen molar-refractivity contribution in [1.82, 2.24) is 10.2 Å². The molecule has 0 radical (unpaired) electrons. The van der Waals surface area contributed by atoms with E-state index in [0.29, 0.717) is 6.42 Å². The maximum Gasteiger partial charge on any atom is 0.240 e. The first kappa shape index (κ1) is 17.1. The molecule has 0 aliphatic carbocycles. The third-order valence-electron chi connectivity index (χ3n) is 3.94. The summed E-state index contributed by atoms with van der Waals surface area (Å²) in [5.41, 5.74) is -0.249. The van der Waals surface area contributed by atoms with Gasteiger partial charge < -0.3 is 20.1 Å². The van der Waals surface area contributed by atoms with Gasteiger partial charge in [-0.15, -0.1) is 0 Å². The summed E-state index contributed by atoms with van der Waals surface area (Å²) in [4.78, 5) is 25.4. The Morgan fingerprint density at radius 1 is 1.50 bits per heavy atom. The second-order valence-electron chi connectivity index (χ2n) is 6.86. The maximum atomic E-state index is 12.8. The van der Waals surface area contributed by atoms with Crippen LogP contribution >= 0.6 is 0 Å². The molecule has 1 aliphatic heterocycles. The van der Waals surface area contributed by atoms with Crippen LogP contribution in [0, 0.1) is 5.41 Å². The third kappa shape index (κ3) is 4.03. The van der Waals surface area contributed by atoms with Gasteiger partial charge in [-0.2, -0.15) is 0 Å². The van der Waals surface area contributed by atoms with Crippen LogP contribution in [0.3, 0.4) is 0 Å². The first-order valence-electron chi connectivity index (χ1n) is 7.40. The molecule has 0 aromatic rings. The lowest BCUT2D eigenvalue weighted by molar-refractivity contribution is -0.139. The van der Waals surface area contributed by atoms with E-state index in [2.05, 4.69) is 12.2 Å². The van der Waals surface area contributed by atoms with Crippen molar-refractivity contribution in [3.63, 3.8) is 0 Å². The number of hydrogen-bond donors (Lipinski definition) is 2. The van der Waals surface area contributed by atoms with Gasteiger partial charge >= 0.3 is 0 Å². The Morgan fingerprint density at radius 2 is 2.10 bits per heavy atom. The van der Waals surface area contributed by atoms with E-state index in [-0.39, 0.29) is 30.0 Å². The predicted octanol–water partition coefficient (Wildman–Crippen LogP) is 0.950. The number of carbonyl (C=O) groups excluding carboxylic acids is 2. The molecule has 116 valence electrons. The molecular formula is C15H28N2O3. The Kier molecular flexibility index (Phi) is 5.71. The normalized spacial score (nSPS) is 26.4. The van der Waals surface area contributed by atoms with E-state index in [0.717, 1.165) is 12.7 Å². The van der Waals surface area contributed by atoms with E-state index in [1.165, 1.54) is 4.90 Å². The van der Waals surface area contributed by atoms with Crippen molar-refractivity contribution in [2.45, 2.75) is 71.7 Å². The zero-order valence-corrected chi connectivity index (χ0v) is 13.2. The monoisotopic (exact) mass is 284 g/mol. The molecule has 4 atom stereocenters. The van der Waals surface area contributed by atoms with Crippen LogP contribution in [-0.4, -0.2) is 53.0 Å². The quantitative estimate of drug-likeness (QED) is 0.738. The number of nitrogens with one attached hydrogen (secondary N) is 1. The van der Waals surface area contributed by atoms with Gasteiger partial charge in [-0.1, -0.05) is 27.7 Å². The van der Waals surface area contributed by atoms with Crippen LogP contribution in [0.5, 0.6) is 0 Å². The van der Waals surface area contributed by atoms with Crippen molar-refractivity contribution in [2.24, 2.45) is 5.41 Å². The molecule has 0 saturated carbocycles. The summed E-state index contributed by atoms with van der Waals surface area (Å²) in [5.74, 6) is -0.0912. The van der Waals surface area contributed by atoms with Crippen LogP contribution < -0.4 is 5.32 Å². The lowest BCUT2D eigenvalue weighted by Crippen LogP contribution is -2.56. The molecule has 0 aromatic heterocycles. The Hall–Kier alpha value is -0.940. The summed E-state index contributed by atoms with van der Waals surface area (Å²) >= 11 is 0. The number of β-amino-alcohol motifs (C(OH)–C–C–N with tert-alkyl or cyclic N) is 1. The van der Waals surface area contributed by atoms with Crippen LogP contribution in [0.25, 0.3) is 0 Å². The highest BCUT2D eigenvalue weighted by Gasteiger charge is 2.41. The maximum absolute atomic E-state index is 12.8. The summed E-state index contributed by atoms with van der Waals surface area (Å²) < 4.78 is 0. The number of likely N-dealkylation sites (tertiary alicyclic amines) is 1. The highest BCUT2D eigenvalue weighted by atomic mass is 16.3. The fraction of sp³-hybridized carbons (Fsp3) is 0.867. The Balaban J connectivity index is 2.90. The molecule has 0 bridgehead atoms. The molecule has 5 nitrogen and oxygen atoms in total. The first-order valence-corrected chi connectivity index (χ1v) is 7.40. The standard InChI is InChI=1S/C15H28N2O3/c1-6-10(2)16-13(15(3,4)5)14(20)17-8-12(19)7-11(17)9-18/h9-13,16,19H,6-8H2,1-5H3. The summed E-state index contributed by atoms with van der Waals surface area (Å²) in [6.07, 6.45) is 1.44. The minimum atomic E-state index is -0.599. The predicted molar refractivity (Wildman–Crippen MR) is 78.3 cm³/mol. The van der Waals surface area contributed by atoms with E-state index < -0.39 is 12.1 Å². The average molecular weight is 284 g/mol. The highest BCUT2D eigenvalue weighted by Crippen LogP contribution is 2.25. The summed E-state index contributed by atoms with van der Waals surface area (Å²) in [5, 5.41) is 13.0. The molecule has 20 heavy (non-hydrogen) atoms. The van der Waals surface area contributed by atoms with Crippen LogP contribution in [0.15, 0.2) is 0 Å². The van der Waals surface area contributed by atoms with Gasteiger partial charge in [-0.05, 0) is 18.8 Å². The van der Waals surface area contributed by atoms with Crippen LogP contribution in [0.4, 0.5) is 0 Å². The molecule has 1 aliphatic rings. The average Bonchev–Trinajstić information content (AvgIpc) is 2.74. The lowest BCUT2D eigenvalue weighted by atomic mass is 9.85. The molecule has 1 saturated heterocycles. The highest BCUT2D eigenvalue weighted by molar-refractivity contribution is 5.86. The van der Waals surface area contributed by atoms with Crippen molar-refractivity contribution in [1.29, 1.82) is 0 Å². The zero-order valence-electron chi connectivity index (χ0n) is 13.2. The number of aliphatic hydroxyl groups excluding tert-OH is 1. The number of hydrogen-bond acceptors (Lipinski definition) is 4. The molecule has 4 unspecified atom stereocenters. The van der Waals surface area contributed by atoms with Gasteiger partial charge in [-0.25, -0.2) is 0 Å². The first-order chi connectivity index (χ1) is 9.20. The van der Waals surface area contributed by atoms with E-state index in [1.807, 2.05) is 27.7 Å². The number of aliphatic hydroxyl groups is 1. The fourth-order valence-corrected chi connectivity index (χ4v) is 2.49. The molecule has 2 N–H and O–H groups in total.